The predicted molar refractivity (Wildman–Crippen MR) is 60.1 cm³/mol. The van der Waals surface area contributed by atoms with E-state index in [2.05, 4.69) is 4.98 Å². The molecule has 0 aliphatic carbocycles. The number of aromatic carboxylic acids is 1. The Labute approximate surface area is 99.8 Å². The maximum atomic E-state index is 11.0. The van der Waals surface area contributed by atoms with Crippen molar-refractivity contribution in [1.29, 1.82) is 0 Å². The molecule has 0 atom stereocenters. The number of carbonyl (C=O) groups is 1. The second-order valence-corrected chi connectivity index (χ2v) is 3.67. The van der Waals surface area contributed by atoms with Crippen molar-refractivity contribution in [2.45, 2.75) is 32.4 Å². The van der Waals surface area contributed by atoms with E-state index in [1.54, 1.807) is 7.11 Å². The molecule has 5 nitrogen and oxygen atoms in total. The van der Waals surface area contributed by atoms with Gasteiger partial charge in [0.1, 0.15) is 12.4 Å². The second-order valence-electron chi connectivity index (χ2n) is 3.67. The van der Waals surface area contributed by atoms with Crippen LogP contribution in [0.5, 0.6) is 0 Å². The van der Waals surface area contributed by atoms with Gasteiger partial charge in [0.05, 0.1) is 5.69 Å². The highest BCUT2D eigenvalue weighted by Crippen LogP contribution is 2.21. The summed E-state index contributed by atoms with van der Waals surface area (Å²) in [7, 11) is 1.59. The molecular formula is C10H15ClN2O3. The minimum absolute atomic E-state index is 0. The van der Waals surface area contributed by atoms with Crippen molar-refractivity contribution in [3.8, 4) is 0 Å². The van der Waals surface area contributed by atoms with Crippen molar-refractivity contribution in [3.63, 3.8) is 0 Å². The lowest BCUT2D eigenvalue weighted by molar-refractivity contribution is 0.0689. The first-order valence-corrected chi connectivity index (χ1v) is 5.04. The van der Waals surface area contributed by atoms with Crippen LogP contribution in [0, 0.1) is 0 Å². The number of rotatable bonds is 3. The van der Waals surface area contributed by atoms with Crippen LogP contribution in [0.25, 0.3) is 0 Å². The Morgan fingerprint density at radius 3 is 2.94 bits per heavy atom. The zero-order chi connectivity index (χ0) is 10.8. The number of imidazole rings is 1. The Hall–Kier alpha value is -1.07. The largest absolute Gasteiger partial charge is 0.476 e. The number of ether oxygens (including phenoxy) is 1. The average molecular weight is 247 g/mol. The highest BCUT2D eigenvalue weighted by Gasteiger charge is 2.23. The molecule has 0 radical (unpaired) electrons. The molecule has 0 spiro atoms. The van der Waals surface area contributed by atoms with Crippen molar-refractivity contribution >= 4 is 18.4 Å². The van der Waals surface area contributed by atoms with Crippen LogP contribution in [-0.4, -0.2) is 27.7 Å². The zero-order valence-corrected chi connectivity index (χ0v) is 9.92. The molecule has 0 saturated heterocycles. The molecule has 1 aromatic rings. The quantitative estimate of drug-likeness (QED) is 0.878. The summed E-state index contributed by atoms with van der Waals surface area (Å²) in [6.07, 6.45) is 2.93. The molecule has 0 saturated carbocycles. The summed E-state index contributed by atoms with van der Waals surface area (Å²) in [5.74, 6) is -0.215. The number of carboxylic acids is 1. The first-order chi connectivity index (χ1) is 7.24. The topological polar surface area (TPSA) is 64.3 Å². The van der Waals surface area contributed by atoms with Gasteiger partial charge >= 0.3 is 5.97 Å². The fraction of sp³-hybridized carbons (Fsp3) is 0.600. The van der Waals surface area contributed by atoms with E-state index in [0.29, 0.717) is 6.61 Å². The van der Waals surface area contributed by atoms with Gasteiger partial charge < -0.3 is 14.4 Å². The molecule has 2 rings (SSSR count). The first-order valence-electron chi connectivity index (χ1n) is 5.04. The van der Waals surface area contributed by atoms with Crippen molar-refractivity contribution < 1.29 is 14.6 Å². The van der Waals surface area contributed by atoms with Gasteiger partial charge in [0.15, 0.2) is 5.69 Å². The molecule has 1 aliphatic heterocycles. The molecule has 1 N–H and O–H groups in total. The Kier molecular flexibility index (Phi) is 4.32. The van der Waals surface area contributed by atoms with E-state index >= 15 is 0 Å². The highest BCUT2D eigenvalue weighted by atomic mass is 35.5. The van der Waals surface area contributed by atoms with Crippen LogP contribution >= 0.6 is 12.4 Å². The average Bonchev–Trinajstić information content (AvgIpc) is 2.59. The Balaban J connectivity index is 0.00000128. The predicted octanol–water partition coefficient (Wildman–Crippen LogP) is 1.49. The van der Waals surface area contributed by atoms with E-state index in [0.717, 1.165) is 37.3 Å². The molecular weight excluding hydrogens is 232 g/mol. The molecule has 6 heteroatoms. The Bertz CT molecular complexity index is 390. The van der Waals surface area contributed by atoms with Crippen molar-refractivity contribution in [2.75, 3.05) is 7.11 Å². The van der Waals surface area contributed by atoms with E-state index in [1.165, 1.54) is 0 Å². The van der Waals surface area contributed by atoms with Gasteiger partial charge in [-0.05, 0) is 19.3 Å². The highest BCUT2D eigenvalue weighted by molar-refractivity contribution is 5.87. The monoisotopic (exact) mass is 246 g/mol. The lowest BCUT2D eigenvalue weighted by atomic mass is 10.1. The van der Waals surface area contributed by atoms with Crippen LogP contribution in [-0.2, 0) is 24.3 Å². The van der Waals surface area contributed by atoms with Crippen molar-refractivity contribution in [2.24, 2.45) is 0 Å². The summed E-state index contributed by atoms with van der Waals surface area (Å²) in [6, 6.07) is 0. The summed E-state index contributed by atoms with van der Waals surface area (Å²) in [4.78, 5) is 15.1. The molecule has 0 aromatic carbocycles. The number of nitrogens with zero attached hydrogens (tertiary/aromatic N) is 2. The number of methoxy groups -OCH3 is 1. The fourth-order valence-electron chi connectivity index (χ4n) is 2.03. The van der Waals surface area contributed by atoms with Gasteiger partial charge in [-0.3, -0.25) is 0 Å². The first kappa shape index (κ1) is 13.0. The van der Waals surface area contributed by atoms with Gasteiger partial charge in [-0.25, -0.2) is 9.78 Å². The number of hydrogen-bond acceptors (Lipinski definition) is 3. The number of aromatic nitrogens is 2. The zero-order valence-electron chi connectivity index (χ0n) is 9.10. The van der Waals surface area contributed by atoms with Crippen LogP contribution in [0.3, 0.4) is 0 Å². The summed E-state index contributed by atoms with van der Waals surface area (Å²) < 4.78 is 6.99. The molecule has 0 amide bonds. The normalized spacial score (nSPS) is 14.1. The lowest BCUT2D eigenvalue weighted by Gasteiger charge is -2.16. The van der Waals surface area contributed by atoms with Crippen molar-refractivity contribution in [1.82, 2.24) is 9.55 Å². The molecule has 90 valence electrons. The molecule has 1 aromatic heterocycles. The van der Waals surface area contributed by atoms with E-state index in [4.69, 9.17) is 9.84 Å². The van der Waals surface area contributed by atoms with Crippen LogP contribution in [0.1, 0.15) is 34.8 Å². The maximum Gasteiger partial charge on any atom is 0.356 e. The van der Waals surface area contributed by atoms with Gasteiger partial charge in [-0.1, -0.05) is 0 Å². The minimum atomic E-state index is -0.942. The maximum absolute atomic E-state index is 11.0. The number of halogens is 1. The smallest absolute Gasteiger partial charge is 0.356 e. The number of carboxylic acid groups (broad SMARTS) is 1. The van der Waals surface area contributed by atoms with Gasteiger partial charge in [-0.15, -0.1) is 12.4 Å². The number of fused-ring (bicyclic) bond motifs is 1. The summed E-state index contributed by atoms with van der Waals surface area (Å²) in [5.41, 5.74) is 1.04. The Morgan fingerprint density at radius 1 is 1.56 bits per heavy atom. The minimum Gasteiger partial charge on any atom is -0.476 e. The van der Waals surface area contributed by atoms with Crippen molar-refractivity contribution in [3.05, 3.63) is 17.2 Å². The molecule has 0 fully saturated rings. The summed E-state index contributed by atoms with van der Waals surface area (Å²) in [5, 5.41) is 9.01. The molecule has 0 unspecified atom stereocenters. The van der Waals surface area contributed by atoms with Crippen LogP contribution in [0.4, 0.5) is 0 Å². The third-order valence-corrected chi connectivity index (χ3v) is 2.67. The van der Waals surface area contributed by atoms with E-state index in [9.17, 15) is 4.79 Å². The van der Waals surface area contributed by atoms with E-state index in [-0.39, 0.29) is 18.1 Å². The molecule has 16 heavy (non-hydrogen) atoms. The Morgan fingerprint density at radius 2 is 2.31 bits per heavy atom. The third-order valence-electron chi connectivity index (χ3n) is 2.67. The number of hydrogen-bond donors (Lipinski definition) is 1. The third kappa shape index (κ3) is 2.20. The van der Waals surface area contributed by atoms with Crippen LogP contribution < -0.4 is 0 Å². The van der Waals surface area contributed by atoms with Crippen LogP contribution in [0.15, 0.2) is 0 Å². The van der Waals surface area contributed by atoms with Gasteiger partial charge in [0, 0.05) is 13.7 Å². The van der Waals surface area contributed by atoms with Gasteiger partial charge in [0.25, 0.3) is 0 Å². The molecule has 1 aliphatic rings. The molecule has 0 bridgehead atoms. The second kappa shape index (κ2) is 5.32. The van der Waals surface area contributed by atoms with E-state index < -0.39 is 5.97 Å². The SMILES string of the molecule is COCc1nc(C(=O)O)c2n1CCCC2.Cl. The van der Waals surface area contributed by atoms with E-state index in [1.807, 2.05) is 4.57 Å². The van der Waals surface area contributed by atoms with Gasteiger partial charge in [0.2, 0.25) is 0 Å². The summed E-state index contributed by atoms with van der Waals surface area (Å²) >= 11 is 0. The standard InChI is InChI=1S/C10H14N2O3.ClH/c1-15-6-8-11-9(10(13)14)7-4-2-3-5-12(7)8;/h2-6H2,1H3,(H,13,14);1H. The van der Waals surface area contributed by atoms with Crippen LogP contribution in [0.2, 0.25) is 0 Å². The summed E-state index contributed by atoms with van der Waals surface area (Å²) in [6.45, 7) is 1.23. The molecule has 2 heterocycles. The van der Waals surface area contributed by atoms with Gasteiger partial charge in [-0.2, -0.15) is 0 Å². The fourth-order valence-corrected chi connectivity index (χ4v) is 2.03. The lowest BCUT2D eigenvalue weighted by Crippen LogP contribution is -2.14.